The molecule has 5 nitrogen and oxygen atoms in total. The van der Waals surface area contributed by atoms with Crippen LogP contribution in [0.3, 0.4) is 0 Å². The van der Waals surface area contributed by atoms with Crippen LogP contribution in [0.2, 0.25) is 0 Å². The van der Waals surface area contributed by atoms with E-state index in [-0.39, 0.29) is 12.2 Å². The van der Waals surface area contributed by atoms with Gasteiger partial charge >= 0.3 is 12.0 Å². The van der Waals surface area contributed by atoms with E-state index in [1.54, 1.807) is 0 Å². The van der Waals surface area contributed by atoms with Gasteiger partial charge in [0, 0.05) is 11.0 Å². The van der Waals surface area contributed by atoms with Crippen molar-refractivity contribution >= 4 is 33.6 Å². The fraction of sp³-hybridized carbons (Fsp3) is 0.385. The van der Waals surface area contributed by atoms with Gasteiger partial charge in [-0.1, -0.05) is 29.3 Å². The van der Waals surface area contributed by atoms with Gasteiger partial charge in [-0.3, -0.25) is 4.79 Å². The van der Waals surface area contributed by atoms with Crippen molar-refractivity contribution in [3.8, 4) is 0 Å². The molecule has 1 unspecified atom stereocenters. The summed E-state index contributed by atoms with van der Waals surface area (Å²) in [5.74, 6) is -2.16. The minimum atomic E-state index is -0.958. The zero-order valence-electron chi connectivity index (χ0n) is 11.0. The second-order valence-electron chi connectivity index (χ2n) is 4.28. The average molecular weight is 347 g/mol. The molecular formula is C13H16BrFN2O3. The van der Waals surface area contributed by atoms with Crippen molar-refractivity contribution in [2.75, 3.05) is 11.9 Å². The molecule has 0 fully saturated rings. The zero-order valence-corrected chi connectivity index (χ0v) is 12.5. The van der Waals surface area contributed by atoms with Crippen LogP contribution in [0.15, 0.2) is 22.7 Å². The summed E-state index contributed by atoms with van der Waals surface area (Å²) in [7, 11) is 0. The molecule has 1 rings (SSSR count). The predicted octanol–water partition coefficient (Wildman–Crippen LogP) is 3.21. The standard InChI is InChI=1S/C13H16BrFN2O3/c1-2-3-8(12(18)19)7-16-13(20)17-11-6-9(14)4-5-10(11)15/h4-6,8H,2-3,7H2,1H3,(H,18,19)(H2,16,17,20). The van der Waals surface area contributed by atoms with Crippen molar-refractivity contribution < 1.29 is 19.1 Å². The van der Waals surface area contributed by atoms with Crippen molar-refractivity contribution in [1.29, 1.82) is 0 Å². The van der Waals surface area contributed by atoms with Crippen molar-refractivity contribution in [2.24, 2.45) is 5.92 Å². The van der Waals surface area contributed by atoms with Crippen molar-refractivity contribution in [2.45, 2.75) is 19.8 Å². The van der Waals surface area contributed by atoms with Crippen LogP contribution in [0.1, 0.15) is 19.8 Å². The van der Waals surface area contributed by atoms with Gasteiger partial charge in [0.05, 0.1) is 11.6 Å². The second-order valence-corrected chi connectivity index (χ2v) is 5.20. The maximum Gasteiger partial charge on any atom is 0.319 e. The molecule has 0 aromatic heterocycles. The Hall–Kier alpha value is -1.63. The number of carboxylic acids is 1. The first-order valence-corrected chi connectivity index (χ1v) is 6.96. The molecule has 0 saturated carbocycles. The number of carboxylic acid groups (broad SMARTS) is 1. The maximum absolute atomic E-state index is 13.4. The van der Waals surface area contributed by atoms with Gasteiger partial charge in [0.25, 0.3) is 0 Å². The van der Waals surface area contributed by atoms with E-state index in [0.717, 1.165) is 0 Å². The Morgan fingerprint density at radius 1 is 1.45 bits per heavy atom. The number of hydrogen-bond acceptors (Lipinski definition) is 2. The highest BCUT2D eigenvalue weighted by atomic mass is 79.9. The number of urea groups is 1. The molecule has 0 radical (unpaired) electrons. The molecule has 7 heteroatoms. The number of hydrogen-bond donors (Lipinski definition) is 3. The van der Waals surface area contributed by atoms with Gasteiger partial charge in [0.15, 0.2) is 0 Å². The van der Waals surface area contributed by atoms with E-state index in [0.29, 0.717) is 17.3 Å². The number of anilines is 1. The van der Waals surface area contributed by atoms with Gasteiger partial charge in [-0.2, -0.15) is 0 Å². The SMILES string of the molecule is CCCC(CNC(=O)Nc1cc(Br)ccc1F)C(=O)O. The van der Waals surface area contributed by atoms with E-state index in [1.165, 1.54) is 18.2 Å². The minimum Gasteiger partial charge on any atom is -0.481 e. The molecule has 110 valence electrons. The molecule has 1 aromatic carbocycles. The normalized spacial score (nSPS) is 11.8. The molecule has 20 heavy (non-hydrogen) atoms. The third-order valence-electron chi connectivity index (χ3n) is 2.67. The summed E-state index contributed by atoms with van der Waals surface area (Å²) in [5.41, 5.74) is 0.0271. The fourth-order valence-electron chi connectivity index (χ4n) is 1.64. The first-order valence-electron chi connectivity index (χ1n) is 6.16. The predicted molar refractivity (Wildman–Crippen MR) is 77.2 cm³/mol. The highest BCUT2D eigenvalue weighted by Gasteiger charge is 2.17. The molecule has 0 saturated heterocycles. The van der Waals surface area contributed by atoms with Crippen molar-refractivity contribution in [3.05, 3.63) is 28.5 Å². The van der Waals surface area contributed by atoms with E-state index in [1.807, 2.05) is 6.92 Å². The Kier molecular flexibility index (Phi) is 6.44. The third-order valence-corrected chi connectivity index (χ3v) is 3.17. The summed E-state index contributed by atoms with van der Waals surface area (Å²) < 4.78 is 14.0. The molecule has 3 N–H and O–H groups in total. The summed E-state index contributed by atoms with van der Waals surface area (Å²) in [6.07, 6.45) is 1.18. The summed E-state index contributed by atoms with van der Waals surface area (Å²) in [6, 6.07) is 3.52. The minimum absolute atomic E-state index is 0.00459. The number of benzene rings is 1. The molecule has 0 bridgehead atoms. The molecular weight excluding hydrogens is 331 g/mol. The highest BCUT2D eigenvalue weighted by Crippen LogP contribution is 2.19. The first kappa shape index (κ1) is 16.4. The Morgan fingerprint density at radius 3 is 2.75 bits per heavy atom. The Bertz CT molecular complexity index is 497. The topological polar surface area (TPSA) is 78.4 Å². The van der Waals surface area contributed by atoms with Crippen LogP contribution >= 0.6 is 15.9 Å². The van der Waals surface area contributed by atoms with Gasteiger partial charge in [-0.15, -0.1) is 0 Å². The zero-order chi connectivity index (χ0) is 15.1. The lowest BCUT2D eigenvalue weighted by Crippen LogP contribution is -2.35. The summed E-state index contributed by atoms with van der Waals surface area (Å²) in [6.45, 7) is 1.87. The van der Waals surface area contributed by atoms with Crippen molar-refractivity contribution in [3.63, 3.8) is 0 Å². The van der Waals surface area contributed by atoms with Gasteiger partial charge < -0.3 is 15.7 Å². The number of amides is 2. The summed E-state index contributed by atoms with van der Waals surface area (Å²) in [4.78, 5) is 22.5. The lowest BCUT2D eigenvalue weighted by molar-refractivity contribution is -0.141. The number of aliphatic carboxylic acids is 1. The van der Waals surface area contributed by atoms with Gasteiger partial charge in [-0.05, 0) is 24.6 Å². The molecule has 0 heterocycles. The van der Waals surface area contributed by atoms with Crippen LogP contribution in [0, 0.1) is 11.7 Å². The quantitative estimate of drug-likeness (QED) is 0.739. The molecule has 1 atom stereocenters. The van der Waals surface area contributed by atoms with E-state index in [4.69, 9.17) is 5.11 Å². The third kappa shape index (κ3) is 5.16. The van der Waals surface area contributed by atoms with Crippen molar-refractivity contribution in [1.82, 2.24) is 5.32 Å². The number of carbonyl (C=O) groups is 2. The number of halogens is 2. The van der Waals surface area contributed by atoms with Gasteiger partial charge in [0.2, 0.25) is 0 Å². The second kappa shape index (κ2) is 7.84. The lowest BCUT2D eigenvalue weighted by atomic mass is 10.0. The molecule has 0 aliphatic rings. The smallest absolute Gasteiger partial charge is 0.319 e. The monoisotopic (exact) mass is 346 g/mol. The number of rotatable bonds is 6. The van der Waals surface area contributed by atoms with Crippen LogP contribution in [-0.4, -0.2) is 23.7 Å². The van der Waals surface area contributed by atoms with Crippen LogP contribution < -0.4 is 10.6 Å². The Balaban J connectivity index is 2.55. The van der Waals surface area contributed by atoms with Crippen LogP contribution in [0.4, 0.5) is 14.9 Å². The van der Waals surface area contributed by atoms with Gasteiger partial charge in [-0.25, -0.2) is 9.18 Å². The maximum atomic E-state index is 13.4. The van der Waals surface area contributed by atoms with E-state index >= 15 is 0 Å². The van der Waals surface area contributed by atoms with E-state index in [2.05, 4.69) is 26.6 Å². The molecule has 0 aliphatic heterocycles. The average Bonchev–Trinajstić information content (AvgIpc) is 2.38. The molecule has 1 aromatic rings. The Labute approximate surface area is 124 Å². The van der Waals surface area contributed by atoms with Gasteiger partial charge in [0.1, 0.15) is 5.82 Å². The Morgan fingerprint density at radius 2 is 2.15 bits per heavy atom. The molecule has 2 amide bonds. The fourth-order valence-corrected chi connectivity index (χ4v) is 2.00. The summed E-state index contributed by atoms with van der Waals surface area (Å²) >= 11 is 3.17. The molecule has 0 spiro atoms. The van der Waals surface area contributed by atoms with E-state index in [9.17, 15) is 14.0 Å². The summed E-state index contributed by atoms with van der Waals surface area (Å²) in [5, 5.41) is 13.7. The van der Waals surface area contributed by atoms with Crippen LogP contribution in [0.25, 0.3) is 0 Å². The van der Waals surface area contributed by atoms with Crippen LogP contribution in [0.5, 0.6) is 0 Å². The largest absolute Gasteiger partial charge is 0.481 e. The number of carbonyl (C=O) groups excluding carboxylic acids is 1. The van der Waals surface area contributed by atoms with Crippen LogP contribution in [-0.2, 0) is 4.79 Å². The molecule has 0 aliphatic carbocycles. The lowest BCUT2D eigenvalue weighted by Gasteiger charge is -2.13. The van der Waals surface area contributed by atoms with E-state index < -0.39 is 23.7 Å². The first-order chi connectivity index (χ1) is 9.43. The number of nitrogens with one attached hydrogen (secondary N) is 2. The highest BCUT2D eigenvalue weighted by molar-refractivity contribution is 9.10.